The van der Waals surface area contributed by atoms with Gasteiger partial charge in [-0.05, 0) is 38.2 Å². The van der Waals surface area contributed by atoms with Gasteiger partial charge in [-0.15, -0.1) is 0 Å². The van der Waals surface area contributed by atoms with Crippen LogP contribution in [0, 0.1) is 6.92 Å². The third kappa shape index (κ3) is 5.04. The topological polar surface area (TPSA) is 76.5 Å². The molecule has 1 N–H and O–H groups in total. The Labute approximate surface area is 176 Å². The van der Waals surface area contributed by atoms with Crippen molar-refractivity contribution in [1.29, 1.82) is 0 Å². The largest absolute Gasteiger partial charge is 0.490 e. The van der Waals surface area contributed by atoms with E-state index in [-0.39, 0.29) is 18.0 Å². The number of benzene rings is 2. The Hall–Kier alpha value is -3.19. The molecule has 1 aromatic heterocycles. The molecule has 0 radical (unpaired) electrons. The first-order valence-corrected chi connectivity index (χ1v) is 10.2. The number of rotatable bonds is 9. The van der Waals surface area contributed by atoms with Crippen LogP contribution in [0.15, 0.2) is 53.3 Å². The Balaban J connectivity index is 1.71. The highest BCUT2D eigenvalue weighted by molar-refractivity contribution is 5.92. The molecule has 158 valence electrons. The summed E-state index contributed by atoms with van der Waals surface area (Å²) in [4.78, 5) is 27.6. The fraction of sp³-hybridized carbons (Fsp3) is 0.348. The van der Waals surface area contributed by atoms with Gasteiger partial charge >= 0.3 is 0 Å². The molecular formula is C23H28N4O3. The summed E-state index contributed by atoms with van der Waals surface area (Å²) in [5, 5.41) is 8.49. The number of hydrogen-bond acceptors (Lipinski definition) is 5. The summed E-state index contributed by atoms with van der Waals surface area (Å²) >= 11 is 0. The summed E-state index contributed by atoms with van der Waals surface area (Å²) < 4.78 is 7.09. The molecule has 3 rings (SSSR count). The van der Waals surface area contributed by atoms with E-state index in [1.54, 1.807) is 18.2 Å². The average Bonchev–Trinajstić information content (AvgIpc) is 2.76. The summed E-state index contributed by atoms with van der Waals surface area (Å²) in [6.07, 6.45) is 0. The van der Waals surface area contributed by atoms with Crippen LogP contribution >= 0.6 is 0 Å². The zero-order valence-corrected chi connectivity index (χ0v) is 17.7. The molecule has 0 saturated heterocycles. The molecule has 30 heavy (non-hydrogen) atoms. The minimum absolute atomic E-state index is 0.168. The van der Waals surface area contributed by atoms with Gasteiger partial charge in [0.15, 0.2) is 0 Å². The van der Waals surface area contributed by atoms with E-state index < -0.39 is 0 Å². The zero-order chi connectivity index (χ0) is 21.5. The second-order valence-electron chi connectivity index (χ2n) is 7.01. The number of likely N-dealkylation sites (N-methyl/N-ethyl adjacent to an activating group) is 1. The summed E-state index contributed by atoms with van der Waals surface area (Å²) in [6.45, 7) is 9.15. The summed E-state index contributed by atoms with van der Waals surface area (Å²) in [6, 6.07) is 14.6. The monoisotopic (exact) mass is 408 g/mol. The normalized spacial score (nSPS) is 11.1. The lowest BCUT2D eigenvalue weighted by Gasteiger charge is -2.19. The molecule has 0 aliphatic heterocycles. The van der Waals surface area contributed by atoms with E-state index in [2.05, 4.69) is 29.2 Å². The van der Waals surface area contributed by atoms with Crippen LogP contribution in [0.5, 0.6) is 5.75 Å². The van der Waals surface area contributed by atoms with Crippen molar-refractivity contribution < 1.29 is 9.53 Å². The van der Waals surface area contributed by atoms with E-state index in [1.807, 2.05) is 37.3 Å². The zero-order valence-electron chi connectivity index (χ0n) is 17.7. The predicted molar refractivity (Wildman–Crippen MR) is 119 cm³/mol. The SMILES string of the molecule is CCN(CC)CCOc1ccccc1NC(=O)Cn1nc(C)c2ccccc2c1=O. The molecule has 1 amide bonds. The van der Waals surface area contributed by atoms with Gasteiger partial charge in [-0.2, -0.15) is 5.10 Å². The molecule has 7 heteroatoms. The number of hydrogen-bond donors (Lipinski definition) is 1. The van der Waals surface area contributed by atoms with Crippen LogP contribution in [0.4, 0.5) is 5.69 Å². The molecule has 0 fully saturated rings. The van der Waals surface area contributed by atoms with Gasteiger partial charge in [0.1, 0.15) is 18.9 Å². The fourth-order valence-corrected chi connectivity index (χ4v) is 3.36. The summed E-state index contributed by atoms with van der Waals surface area (Å²) in [5.74, 6) is 0.270. The smallest absolute Gasteiger partial charge is 0.275 e. The molecule has 0 unspecified atom stereocenters. The molecule has 0 aliphatic carbocycles. The number of aromatic nitrogens is 2. The van der Waals surface area contributed by atoms with Crippen molar-refractivity contribution in [3.8, 4) is 5.75 Å². The maximum atomic E-state index is 12.7. The van der Waals surface area contributed by atoms with Crippen LogP contribution in [0.2, 0.25) is 0 Å². The van der Waals surface area contributed by atoms with Crippen LogP contribution in [-0.2, 0) is 11.3 Å². The Bertz CT molecular complexity index is 1070. The summed E-state index contributed by atoms with van der Waals surface area (Å²) in [7, 11) is 0. The third-order valence-electron chi connectivity index (χ3n) is 5.07. The first-order valence-electron chi connectivity index (χ1n) is 10.2. The minimum Gasteiger partial charge on any atom is -0.490 e. The van der Waals surface area contributed by atoms with E-state index in [4.69, 9.17) is 4.74 Å². The lowest BCUT2D eigenvalue weighted by molar-refractivity contribution is -0.117. The van der Waals surface area contributed by atoms with Crippen molar-refractivity contribution in [3.63, 3.8) is 0 Å². The Morgan fingerprint density at radius 2 is 1.73 bits per heavy atom. The number of para-hydroxylation sites is 2. The Morgan fingerprint density at radius 3 is 2.47 bits per heavy atom. The highest BCUT2D eigenvalue weighted by atomic mass is 16.5. The quantitative estimate of drug-likeness (QED) is 0.589. The molecule has 2 aromatic carbocycles. The Kier molecular flexibility index (Phi) is 7.19. The van der Waals surface area contributed by atoms with Crippen LogP contribution in [-0.4, -0.2) is 46.8 Å². The second-order valence-corrected chi connectivity index (χ2v) is 7.01. The number of aryl methyl sites for hydroxylation is 1. The number of carbonyl (C=O) groups is 1. The molecule has 0 spiro atoms. The van der Waals surface area contributed by atoms with E-state index >= 15 is 0 Å². The first-order chi connectivity index (χ1) is 14.5. The van der Waals surface area contributed by atoms with Crippen LogP contribution in [0.3, 0.4) is 0 Å². The van der Waals surface area contributed by atoms with Gasteiger partial charge < -0.3 is 15.0 Å². The van der Waals surface area contributed by atoms with Crippen molar-refractivity contribution in [1.82, 2.24) is 14.7 Å². The van der Waals surface area contributed by atoms with Gasteiger partial charge in [0.25, 0.3) is 5.56 Å². The van der Waals surface area contributed by atoms with E-state index in [0.717, 1.165) is 25.0 Å². The number of amides is 1. The van der Waals surface area contributed by atoms with E-state index in [0.29, 0.717) is 29.1 Å². The molecule has 0 bridgehead atoms. The van der Waals surface area contributed by atoms with Gasteiger partial charge in [0, 0.05) is 11.9 Å². The molecular weight excluding hydrogens is 380 g/mol. The molecule has 3 aromatic rings. The molecule has 7 nitrogen and oxygen atoms in total. The number of nitrogens with one attached hydrogen (secondary N) is 1. The maximum Gasteiger partial charge on any atom is 0.275 e. The molecule has 0 aliphatic rings. The molecule has 0 atom stereocenters. The molecule has 0 saturated carbocycles. The van der Waals surface area contributed by atoms with Gasteiger partial charge in [0.05, 0.1) is 16.8 Å². The average molecular weight is 409 g/mol. The third-order valence-corrected chi connectivity index (χ3v) is 5.07. The van der Waals surface area contributed by atoms with Crippen molar-refractivity contribution in [2.45, 2.75) is 27.3 Å². The van der Waals surface area contributed by atoms with Gasteiger partial charge in [0.2, 0.25) is 5.91 Å². The highest BCUT2D eigenvalue weighted by Crippen LogP contribution is 2.23. The Morgan fingerprint density at radius 1 is 1.07 bits per heavy atom. The number of anilines is 1. The number of carbonyl (C=O) groups excluding carboxylic acids is 1. The standard InChI is InChI=1S/C23H28N4O3/c1-4-26(5-2)14-15-30-21-13-9-8-12-20(21)24-22(28)16-27-23(29)19-11-7-6-10-18(19)17(3)25-27/h6-13H,4-5,14-16H2,1-3H3,(H,24,28). The second kappa shape index (κ2) is 10.0. The van der Waals surface area contributed by atoms with Crippen LogP contribution in [0.1, 0.15) is 19.5 Å². The van der Waals surface area contributed by atoms with Crippen molar-refractivity contribution >= 4 is 22.4 Å². The molecule has 1 heterocycles. The van der Waals surface area contributed by atoms with Crippen molar-refractivity contribution in [2.75, 3.05) is 31.6 Å². The number of nitrogens with zero attached hydrogens (tertiary/aromatic N) is 3. The van der Waals surface area contributed by atoms with Crippen LogP contribution in [0.25, 0.3) is 10.8 Å². The van der Waals surface area contributed by atoms with Crippen LogP contribution < -0.4 is 15.6 Å². The summed E-state index contributed by atoms with van der Waals surface area (Å²) in [5.41, 5.74) is 1.00. The van der Waals surface area contributed by atoms with Gasteiger partial charge in [-0.3, -0.25) is 9.59 Å². The van der Waals surface area contributed by atoms with Crippen molar-refractivity contribution in [3.05, 3.63) is 64.6 Å². The first kappa shape index (κ1) is 21.5. The van der Waals surface area contributed by atoms with E-state index in [9.17, 15) is 9.59 Å². The number of ether oxygens (including phenoxy) is 1. The van der Waals surface area contributed by atoms with E-state index in [1.165, 1.54) is 4.68 Å². The maximum absolute atomic E-state index is 12.7. The fourth-order valence-electron chi connectivity index (χ4n) is 3.36. The highest BCUT2D eigenvalue weighted by Gasteiger charge is 2.13. The van der Waals surface area contributed by atoms with Gasteiger partial charge in [-0.25, -0.2) is 4.68 Å². The lowest BCUT2D eigenvalue weighted by Crippen LogP contribution is -2.30. The lowest BCUT2D eigenvalue weighted by atomic mass is 10.1. The van der Waals surface area contributed by atoms with Crippen molar-refractivity contribution in [2.24, 2.45) is 0 Å². The predicted octanol–water partition coefficient (Wildman–Crippen LogP) is 3.06. The van der Waals surface area contributed by atoms with Gasteiger partial charge in [-0.1, -0.05) is 44.2 Å². The minimum atomic E-state index is -0.334. The number of fused-ring (bicyclic) bond motifs is 1.